The Morgan fingerprint density at radius 2 is 1.77 bits per heavy atom. The summed E-state index contributed by atoms with van der Waals surface area (Å²) in [6.07, 6.45) is 9.51. The average Bonchev–Trinajstić information content (AvgIpc) is 2.56. The molecule has 122 valence electrons. The molecule has 22 heavy (non-hydrogen) atoms. The van der Waals surface area contributed by atoms with E-state index in [0.29, 0.717) is 11.5 Å². The Kier molecular flexibility index (Phi) is 6.75. The lowest BCUT2D eigenvalue weighted by atomic mass is 9.80. The average molecular weight is 304 g/mol. The lowest BCUT2D eigenvalue weighted by molar-refractivity contribution is -0.140. The first-order chi connectivity index (χ1) is 10.7. The van der Waals surface area contributed by atoms with Gasteiger partial charge in [-0.15, -0.1) is 0 Å². The molecule has 0 amide bonds. The highest BCUT2D eigenvalue weighted by Crippen LogP contribution is 2.34. The van der Waals surface area contributed by atoms with E-state index in [1.165, 1.54) is 25.7 Å². The van der Waals surface area contributed by atoms with E-state index in [1.807, 2.05) is 18.2 Å². The fourth-order valence-electron chi connectivity index (χ4n) is 3.26. The number of para-hydroxylation sites is 2. The molecule has 1 saturated carbocycles. The predicted molar refractivity (Wildman–Crippen MR) is 88.2 cm³/mol. The fraction of sp³-hybridized carbons (Fsp3) is 0.632. The number of ether oxygens (including phenoxy) is 2. The summed E-state index contributed by atoms with van der Waals surface area (Å²) in [5.41, 5.74) is 0. The van der Waals surface area contributed by atoms with Crippen LogP contribution in [-0.2, 0) is 4.79 Å². The smallest absolute Gasteiger partial charge is 0.314 e. The quantitative estimate of drug-likeness (QED) is 0.404. The van der Waals surface area contributed by atoms with E-state index in [4.69, 9.17) is 9.47 Å². The minimum Gasteiger partial charge on any atom is -0.493 e. The van der Waals surface area contributed by atoms with Gasteiger partial charge >= 0.3 is 5.97 Å². The second-order valence-electron chi connectivity index (χ2n) is 6.29. The van der Waals surface area contributed by atoms with E-state index < -0.39 is 0 Å². The number of esters is 1. The summed E-state index contributed by atoms with van der Waals surface area (Å²) in [4.78, 5) is 12.3. The van der Waals surface area contributed by atoms with Crippen molar-refractivity contribution in [2.75, 3.05) is 7.11 Å². The van der Waals surface area contributed by atoms with Crippen molar-refractivity contribution >= 4 is 5.97 Å². The van der Waals surface area contributed by atoms with Crippen LogP contribution >= 0.6 is 0 Å². The van der Waals surface area contributed by atoms with Gasteiger partial charge in [0, 0.05) is 0 Å². The Morgan fingerprint density at radius 1 is 1.09 bits per heavy atom. The first-order valence-electron chi connectivity index (χ1n) is 8.59. The maximum atomic E-state index is 12.3. The van der Waals surface area contributed by atoms with Gasteiger partial charge in [0.05, 0.1) is 13.0 Å². The van der Waals surface area contributed by atoms with Crippen LogP contribution in [0.5, 0.6) is 11.5 Å². The van der Waals surface area contributed by atoms with E-state index in [0.717, 1.165) is 31.6 Å². The number of hydrogen-bond donors (Lipinski definition) is 0. The number of carbonyl (C=O) groups is 1. The Hall–Kier alpha value is -1.51. The van der Waals surface area contributed by atoms with E-state index in [-0.39, 0.29) is 11.9 Å². The third-order valence-corrected chi connectivity index (χ3v) is 4.68. The molecule has 1 fully saturated rings. The van der Waals surface area contributed by atoms with Crippen molar-refractivity contribution < 1.29 is 14.3 Å². The second-order valence-corrected chi connectivity index (χ2v) is 6.29. The molecule has 0 radical (unpaired) electrons. The predicted octanol–water partition coefficient (Wildman–Crippen LogP) is 4.99. The summed E-state index contributed by atoms with van der Waals surface area (Å²) in [5, 5.41) is 0. The summed E-state index contributed by atoms with van der Waals surface area (Å²) in [5.74, 6) is 1.90. The van der Waals surface area contributed by atoms with Crippen molar-refractivity contribution in [1.82, 2.24) is 0 Å². The van der Waals surface area contributed by atoms with Crippen LogP contribution in [0.3, 0.4) is 0 Å². The van der Waals surface area contributed by atoms with Crippen molar-refractivity contribution in [3.8, 4) is 11.5 Å². The van der Waals surface area contributed by atoms with Crippen molar-refractivity contribution in [3.05, 3.63) is 24.3 Å². The van der Waals surface area contributed by atoms with Crippen LogP contribution < -0.4 is 9.47 Å². The van der Waals surface area contributed by atoms with Crippen LogP contribution in [0.1, 0.15) is 58.3 Å². The van der Waals surface area contributed by atoms with Gasteiger partial charge in [0.15, 0.2) is 11.5 Å². The SMILES string of the molecule is CCCCC[C@H]1CC[C@H](C(=O)Oc2ccccc2OC)CC1. The van der Waals surface area contributed by atoms with Gasteiger partial charge in [-0.05, 0) is 43.7 Å². The van der Waals surface area contributed by atoms with Crippen LogP contribution in [0, 0.1) is 11.8 Å². The Labute approximate surface area is 134 Å². The van der Waals surface area contributed by atoms with Crippen LogP contribution in [-0.4, -0.2) is 13.1 Å². The lowest BCUT2D eigenvalue weighted by Gasteiger charge is -2.27. The minimum atomic E-state index is -0.100. The Morgan fingerprint density at radius 3 is 2.41 bits per heavy atom. The molecule has 0 atom stereocenters. The minimum absolute atomic E-state index is 0.0485. The molecule has 1 aromatic rings. The number of methoxy groups -OCH3 is 1. The highest BCUT2D eigenvalue weighted by atomic mass is 16.6. The van der Waals surface area contributed by atoms with Crippen molar-refractivity contribution in [1.29, 1.82) is 0 Å². The monoisotopic (exact) mass is 304 g/mol. The van der Waals surface area contributed by atoms with Crippen LogP contribution in [0.15, 0.2) is 24.3 Å². The lowest BCUT2D eigenvalue weighted by Crippen LogP contribution is -2.25. The summed E-state index contributed by atoms with van der Waals surface area (Å²) >= 11 is 0. The first kappa shape index (κ1) is 16.9. The van der Waals surface area contributed by atoms with Gasteiger partial charge in [0.25, 0.3) is 0 Å². The number of hydrogen-bond acceptors (Lipinski definition) is 3. The Balaban J connectivity index is 1.80. The molecular weight excluding hydrogens is 276 g/mol. The van der Waals surface area contributed by atoms with Gasteiger partial charge in [0.2, 0.25) is 0 Å². The Bertz CT molecular complexity index is 462. The van der Waals surface area contributed by atoms with Gasteiger partial charge in [-0.1, -0.05) is 44.7 Å². The maximum Gasteiger partial charge on any atom is 0.314 e. The molecule has 0 unspecified atom stereocenters. The topological polar surface area (TPSA) is 35.5 Å². The molecule has 1 aromatic carbocycles. The van der Waals surface area contributed by atoms with Crippen molar-refractivity contribution in [2.24, 2.45) is 11.8 Å². The summed E-state index contributed by atoms with van der Waals surface area (Å²) in [6, 6.07) is 7.33. The molecule has 3 nitrogen and oxygen atoms in total. The van der Waals surface area contributed by atoms with Crippen LogP contribution in [0.25, 0.3) is 0 Å². The maximum absolute atomic E-state index is 12.3. The third kappa shape index (κ3) is 4.75. The molecule has 0 heterocycles. The second kappa shape index (κ2) is 8.82. The molecule has 3 heteroatoms. The highest BCUT2D eigenvalue weighted by molar-refractivity contribution is 5.76. The molecule has 0 aliphatic heterocycles. The van der Waals surface area contributed by atoms with E-state index in [2.05, 4.69) is 6.92 Å². The molecule has 2 rings (SSSR count). The van der Waals surface area contributed by atoms with E-state index >= 15 is 0 Å². The van der Waals surface area contributed by atoms with E-state index in [9.17, 15) is 4.79 Å². The summed E-state index contributed by atoms with van der Waals surface area (Å²) in [6.45, 7) is 2.24. The third-order valence-electron chi connectivity index (χ3n) is 4.68. The molecule has 1 aliphatic rings. The van der Waals surface area contributed by atoms with Crippen LogP contribution in [0.2, 0.25) is 0 Å². The standard InChI is InChI=1S/C19H28O3/c1-3-4-5-8-15-11-13-16(14-12-15)19(20)22-18-10-7-6-9-17(18)21-2/h6-7,9-10,15-16H,3-5,8,11-14H2,1-2H3/t15-,16-. The number of carbonyl (C=O) groups excluding carboxylic acids is 1. The number of benzene rings is 1. The van der Waals surface area contributed by atoms with E-state index in [1.54, 1.807) is 13.2 Å². The zero-order chi connectivity index (χ0) is 15.8. The van der Waals surface area contributed by atoms with Gasteiger partial charge in [-0.2, -0.15) is 0 Å². The largest absolute Gasteiger partial charge is 0.493 e. The van der Waals surface area contributed by atoms with Gasteiger partial charge in [-0.3, -0.25) is 4.79 Å². The van der Waals surface area contributed by atoms with Crippen molar-refractivity contribution in [3.63, 3.8) is 0 Å². The molecule has 0 spiro atoms. The highest BCUT2D eigenvalue weighted by Gasteiger charge is 2.27. The zero-order valence-electron chi connectivity index (χ0n) is 13.8. The molecular formula is C19H28O3. The molecule has 0 aromatic heterocycles. The van der Waals surface area contributed by atoms with Crippen LogP contribution in [0.4, 0.5) is 0 Å². The van der Waals surface area contributed by atoms with Crippen molar-refractivity contribution in [2.45, 2.75) is 58.3 Å². The van der Waals surface area contributed by atoms with Gasteiger partial charge in [-0.25, -0.2) is 0 Å². The normalized spacial score (nSPS) is 21.4. The van der Waals surface area contributed by atoms with Gasteiger partial charge in [0.1, 0.15) is 0 Å². The number of rotatable bonds is 7. The zero-order valence-corrected chi connectivity index (χ0v) is 13.8. The molecule has 0 bridgehead atoms. The number of unbranched alkanes of at least 4 members (excludes halogenated alkanes) is 2. The summed E-state index contributed by atoms with van der Waals surface area (Å²) < 4.78 is 10.8. The molecule has 1 aliphatic carbocycles. The molecule has 0 N–H and O–H groups in total. The first-order valence-corrected chi connectivity index (χ1v) is 8.59. The fourth-order valence-corrected chi connectivity index (χ4v) is 3.26. The summed E-state index contributed by atoms with van der Waals surface area (Å²) in [7, 11) is 1.59. The van der Waals surface area contributed by atoms with Gasteiger partial charge < -0.3 is 9.47 Å². The molecule has 0 saturated heterocycles.